The lowest BCUT2D eigenvalue weighted by atomic mass is 9.84. The van der Waals surface area contributed by atoms with E-state index in [0.29, 0.717) is 28.7 Å². The van der Waals surface area contributed by atoms with E-state index in [0.717, 1.165) is 0 Å². The van der Waals surface area contributed by atoms with Crippen LogP contribution in [-0.2, 0) is 10.2 Å². The number of nitrogens with zero attached hydrogens (tertiary/aromatic N) is 1. The van der Waals surface area contributed by atoms with E-state index in [4.69, 9.17) is 0 Å². The van der Waals surface area contributed by atoms with Gasteiger partial charge in [0.05, 0.1) is 33.7 Å². The average Bonchev–Trinajstić information content (AvgIpc) is 2.86. The Hall–Kier alpha value is -4.08. The largest absolute Gasteiger partial charge is 0.481 e. The van der Waals surface area contributed by atoms with Crippen molar-refractivity contribution in [1.82, 2.24) is 4.98 Å². The second-order valence-corrected chi connectivity index (χ2v) is 7.75. The summed E-state index contributed by atoms with van der Waals surface area (Å²) in [7, 11) is 0. The summed E-state index contributed by atoms with van der Waals surface area (Å²) in [5.41, 5.74) is 0.647. The number of benzene rings is 2. The van der Waals surface area contributed by atoms with Crippen molar-refractivity contribution in [2.24, 2.45) is 0 Å². The Labute approximate surface area is 180 Å². The molecule has 0 saturated carbocycles. The molecule has 10 heteroatoms. The van der Waals surface area contributed by atoms with Gasteiger partial charge in [0.15, 0.2) is 0 Å². The second kappa shape index (κ2) is 7.56. The SMILES string of the molecule is CC(C)(C(=O)O)c1ccc2c(c1)NC(=O)c1ccc(Nc3cc(F)nc(F)c3F)cc1N2. The van der Waals surface area contributed by atoms with E-state index in [1.807, 2.05) is 0 Å². The molecule has 0 aliphatic carbocycles. The lowest BCUT2D eigenvalue weighted by Crippen LogP contribution is -2.28. The van der Waals surface area contributed by atoms with Gasteiger partial charge in [-0.15, -0.1) is 0 Å². The van der Waals surface area contributed by atoms with Crippen molar-refractivity contribution in [3.8, 4) is 0 Å². The van der Waals surface area contributed by atoms with Crippen LogP contribution in [0.1, 0.15) is 29.8 Å². The first-order valence-electron chi connectivity index (χ1n) is 9.45. The highest BCUT2D eigenvalue weighted by atomic mass is 19.2. The Morgan fingerprint density at radius 2 is 1.75 bits per heavy atom. The van der Waals surface area contributed by atoms with Crippen LogP contribution < -0.4 is 16.0 Å². The third-order valence-electron chi connectivity index (χ3n) is 5.22. The predicted octanol–water partition coefficient (Wildman–Crippen LogP) is 4.91. The van der Waals surface area contributed by atoms with E-state index in [9.17, 15) is 27.9 Å². The molecule has 0 fully saturated rings. The van der Waals surface area contributed by atoms with Gasteiger partial charge < -0.3 is 21.1 Å². The van der Waals surface area contributed by atoms with Gasteiger partial charge >= 0.3 is 5.97 Å². The van der Waals surface area contributed by atoms with Gasteiger partial charge in [0.1, 0.15) is 0 Å². The summed E-state index contributed by atoms with van der Waals surface area (Å²) in [6.45, 7) is 3.11. The van der Waals surface area contributed by atoms with Gasteiger partial charge in [-0.05, 0) is 49.7 Å². The summed E-state index contributed by atoms with van der Waals surface area (Å²) >= 11 is 0. The molecule has 4 rings (SSSR count). The van der Waals surface area contributed by atoms with Crippen LogP contribution in [0.25, 0.3) is 0 Å². The van der Waals surface area contributed by atoms with Crippen LogP contribution in [-0.4, -0.2) is 22.0 Å². The van der Waals surface area contributed by atoms with E-state index in [2.05, 4.69) is 20.9 Å². The fourth-order valence-corrected chi connectivity index (χ4v) is 3.24. The van der Waals surface area contributed by atoms with Gasteiger partial charge in [0.25, 0.3) is 11.9 Å². The minimum atomic E-state index is -1.58. The van der Waals surface area contributed by atoms with E-state index < -0.39 is 40.7 Å². The molecule has 4 N–H and O–H groups in total. The lowest BCUT2D eigenvalue weighted by molar-refractivity contribution is -0.142. The number of hydrogen-bond acceptors (Lipinski definition) is 5. The molecular formula is C22H17F3N4O3. The number of aliphatic carboxylic acids is 1. The molecule has 2 heterocycles. The number of fused-ring (bicyclic) bond motifs is 2. The number of carbonyl (C=O) groups excluding carboxylic acids is 1. The minimum absolute atomic E-state index is 0.262. The Morgan fingerprint density at radius 1 is 1.00 bits per heavy atom. The van der Waals surface area contributed by atoms with Gasteiger partial charge in [0, 0.05) is 11.8 Å². The van der Waals surface area contributed by atoms with Gasteiger partial charge in [-0.1, -0.05) is 6.07 Å². The highest BCUT2D eigenvalue weighted by molar-refractivity contribution is 6.12. The molecule has 0 radical (unpaired) electrons. The number of pyridine rings is 1. The number of anilines is 5. The number of carboxylic acids is 1. The van der Waals surface area contributed by atoms with Crippen molar-refractivity contribution in [1.29, 1.82) is 0 Å². The van der Waals surface area contributed by atoms with Crippen LogP contribution in [0.2, 0.25) is 0 Å². The van der Waals surface area contributed by atoms with Gasteiger partial charge in [0.2, 0.25) is 11.8 Å². The Kier molecular flexibility index (Phi) is 5.00. The maximum atomic E-state index is 13.9. The lowest BCUT2D eigenvalue weighted by Gasteiger charge is -2.21. The Morgan fingerprint density at radius 3 is 2.47 bits per heavy atom. The molecule has 2 aromatic carbocycles. The number of aromatic nitrogens is 1. The van der Waals surface area contributed by atoms with Gasteiger partial charge in [-0.2, -0.15) is 18.2 Å². The molecule has 32 heavy (non-hydrogen) atoms. The number of hydrogen-bond donors (Lipinski definition) is 4. The zero-order valence-electron chi connectivity index (χ0n) is 16.9. The standard InChI is InChI=1S/C22H17F3N4O3/c1-22(2,21(31)32)10-3-6-13-15(7-10)28-20(30)12-5-4-11(8-14(12)27-13)26-16-9-17(23)29-19(25)18(16)24/h3-9,27H,1-2H3,(H,26,29)(H,28,30)(H,31,32). The van der Waals surface area contributed by atoms with E-state index in [1.165, 1.54) is 18.2 Å². The number of carboxylic acid groups (broad SMARTS) is 1. The normalized spacial score (nSPS) is 12.7. The summed E-state index contributed by atoms with van der Waals surface area (Å²) in [6, 6.07) is 9.96. The predicted molar refractivity (Wildman–Crippen MR) is 112 cm³/mol. The third-order valence-corrected chi connectivity index (χ3v) is 5.22. The molecule has 1 aliphatic rings. The molecule has 0 unspecified atom stereocenters. The van der Waals surface area contributed by atoms with Crippen LogP contribution in [0, 0.1) is 17.7 Å². The maximum Gasteiger partial charge on any atom is 0.313 e. The average molecular weight is 442 g/mol. The molecule has 0 bridgehead atoms. The minimum Gasteiger partial charge on any atom is -0.481 e. The van der Waals surface area contributed by atoms with E-state index in [1.54, 1.807) is 32.0 Å². The van der Waals surface area contributed by atoms with Crippen LogP contribution in [0.5, 0.6) is 0 Å². The first-order chi connectivity index (χ1) is 15.1. The fraction of sp³-hybridized carbons (Fsp3) is 0.136. The molecule has 1 aliphatic heterocycles. The van der Waals surface area contributed by atoms with Crippen molar-refractivity contribution in [2.75, 3.05) is 16.0 Å². The first kappa shape index (κ1) is 21.2. The zero-order valence-corrected chi connectivity index (χ0v) is 16.9. The van der Waals surface area contributed by atoms with Crippen molar-refractivity contribution in [3.05, 3.63) is 71.3 Å². The third kappa shape index (κ3) is 3.70. The molecule has 1 amide bonds. The summed E-state index contributed by atoms with van der Waals surface area (Å²) in [6.07, 6.45) is 0. The number of carbonyl (C=O) groups is 2. The van der Waals surface area contributed by atoms with Crippen molar-refractivity contribution in [2.45, 2.75) is 19.3 Å². The fourth-order valence-electron chi connectivity index (χ4n) is 3.24. The van der Waals surface area contributed by atoms with Crippen molar-refractivity contribution in [3.63, 3.8) is 0 Å². The highest BCUT2D eigenvalue weighted by Crippen LogP contribution is 2.37. The second-order valence-electron chi connectivity index (χ2n) is 7.75. The molecule has 164 valence electrons. The number of nitrogens with one attached hydrogen (secondary N) is 3. The van der Waals surface area contributed by atoms with Crippen molar-refractivity contribution >= 4 is 40.3 Å². The quantitative estimate of drug-likeness (QED) is 0.428. The molecule has 0 atom stereocenters. The van der Waals surface area contributed by atoms with Gasteiger partial charge in [-0.3, -0.25) is 9.59 Å². The van der Waals surface area contributed by atoms with Gasteiger partial charge in [-0.25, -0.2) is 0 Å². The molecular weight excluding hydrogens is 425 g/mol. The number of halogens is 3. The van der Waals surface area contributed by atoms with E-state index >= 15 is 0 Å². The summed E-state index contributed by atoms with van der Waals surface area (Å²) in [5, 5.41) is 17.9. The molecule has 0 saturated heterocycles. The molecule has 7 nitrogen and oxygen atoms in total. The molecule has 1 aromatic heterocycles. The van der Waals surface area contributed by atoms with Crippen LogP contribution >= 0.6 is 0 Å². The smallest absolute Gasteiger partial charge is 0.313 e. The van der Waals surface area contributed by atoms with Crippen LogP contribution in [0.3, 0.4) is 0 Å². The monoisotopic (exact) mass is 442 g/mol. The van der Waals surface area contributed by atoms with Crippen LogP contribution in [0.4, 0.5) is 41.6 Å². The van der Waals surface area contributed by atoms with Crippen LogP contribution in [0.15, 0.2) is 42.5 Å². The van der Waals surface area contributed by atoms with E-state index in [-0.39, 0.29) is 11.3 Å². The Balaban J connectivity index is 1.70. The topological polar surface area (TPSA) is 103 Å². The summed E-state index contributed by atoms with van der Waals surface area (Å²) < 4.78 is 40.7. The Bertz CT molecular complexity index is 1280. The highest BCUT2D eigenvalue weighted by Gasteiger charge is 2.31. The summed E-state index contributed by atoms with van der Waals surface area (Å²) in [4.78, 5) is 27.1. The number of amides is 1. The summed E-state index contributed by atoms with van der Waals surface area (Å²) in [5.74, 6) is -5.57. The maximum absolute atomic E-state index is 13.9. The number of rotatable bonds is 4. The zero-order chi connectivity index (χ0) is 23.2. The molecule has 3 aromatic rings. The first-order valence-corrected chi connectivity index (χ1v) is 9.45. The molecule has 0 spiro atoms. The van der Waals surface area contributed by atoms with Crippen molar-refractivity contribution < 1.29 is 27.9 Å².